The van der Waals surface area contributed by atoms with Gasteiger partial charge in [0.2, 0.25) is 5.95 Å². The van der Waals surface area contributed by atoms with Crippen molar-refractivity contribution in [1.29, 1.82) is 0 Å². The van der Waals surface area contributed by atoms with Gasteiger partial charge in [0.15, 0.2) is 5.82 Å². The number of nitrogens with one attached hydrogen (secondary N) is 2. The van der Waals surface area contributed by atoms with Crippen LogP contribution in [-0.4, -0.2) is 28.4 Å². The van der Waals surface area contributed by atoms with Gasteiger partial charge < -0.3 is 5.32 Å². The van der Waals surface area contributed by atoms with Crippen LogP contribution in [0.5, 0.6) is 0 Å². The van der Waals surface area contributed by atoms with E-state index in [4.69, 9.17) is 11.6 Å². The Hall–Kier alpha value is -3.56. The zero-order chi connectivity index (χ0) is 21.0. The molecule has 0 spiro atoms. The normalized spacial score (nSPS) is 11.1. The van der Waals surface area contributed by atoms with E-state index in [0.717, 1.165) is 0 Å². The standard InChI is InChI=1S/C20H15ClN6O2S/c21-14-5-7-17(8-6-14)30(28,29)27-16-4-1-3-15(13-16)25-20-24-12-9-18(26-20)19-22-10-2-11-23-19/h1-13,27H,(H,24,25,26). The minimum absolute atomic E-state index is 0.115. The van der Waals surface area contributed by atoms with Gasteiger partial charge in [-0.15, -0.1) is 0 Å². The Bertz CT molecular complexity index is 1270. The molecule has 2 heterocycles. The van der Waals surface area contributed by atoms with Crippen molar-refractivity contribution in [2.45, 2.75) is 4.90 Å². The number of rotatable bonds is 6. The molecule has 0 aliphatic carbocycles. The third-order valence-corrected chi connectivity index (χ3v) is 5.59. The zero-order valence-electron chi connectivity index (χ0n) is 15.4. The molecule has 2 aromatic carbocycles. The van der Waals surface area contributed by atoms with Crippen LogP contribution in [0.3, 0.4) is 0 Å². The summed E-state index contributed by atoms with van der Waals surface area (Å²) in [5.74, 6) is 0.810. The first-order valence-corrected chi connectivity index (χ1v) is 10.6. The number of hydrogen-bond donors (Lipinski definition) is 2. The number of sulfonamides is 1. The summed E-state index contributed by atoms with van der Waals surface area (Å²) >= 11 is 5.83. The molecule has 4 rings (SSSR count). The lowest BCUT2D eigenvalue weighted by Crippen LogP contribution is -2.12. The van der Waals surface area contributed by atoms with E-state index in [1.807, 2.05) is 0 Å². The van der Waals surface area contributed by atoms with Gasteiger partial charge >= 0.3 is 0 Å². The van der Waals surface area contributed by atoms with Crippen molar-refractivity contribution >= 4 is 38.9 Å². The highest BCUT2D eigenvalue weighted by molar-refractivity contribution is 7.92. The fourth-order valence-corrected chi connectivity index (χ4v) is 3.77. The molecule has 0 saturated heterocycles. The molecule has 10 heteroatoms. The number of hydrogen-bond acceptors (Lipinski definition) is 7. The van der Waals surface area contributed by atoms with Crippen molar-refractivity contribution in [3.63, 3.8) is 0 Å². The first-order valence-electron chi connectivity index (χ1n) is 8.75. The van der Waals surface area contributed by atoms with Crippen LogP contribution in [0, 0.1) is 0 Å². The Morgan fingerprint density at radius 2 is 1.53 bits per heavy atom. The fourth-order valence-electron chi connectivity index (χ4n) is 2.59. The predicted octanol–water partition coefficient (Wildman–Crippen LogP) is 4.13. The third-order valence-electron chi connectivity index (χ3n) is 3.95. The van der Waals surface area contributed by atoms with Gasteiger partial charge in [-0.3, -0.25) is 4.72 Å². The van der Waals surface area contributed by atoms with E-state index in [0.29, 0.717) is 33.9 Å². The Labute approximate surface area is 178 Å². The van der Waals surface area contributed by atoms with Gasteiger partial charge in [0.05, 0.1) is 10.6 Å². The maximum atomic E-state index is 12.6. The van der Waals surface area contributed by atoms with Gasteiger partial charge in [-0.05, 0) is 54.6 Å². The van der Waals surface area contributed by atoms with Crippen LogP contribution in [0.25, 0.3) is 11.5 Å². The van der Waals surface area contributed by atoms with Gasteiger partial charge in [-0.1, -0.05) is 17.7 Å². The Morgan fingerprint density at radius 1 is 0.800 bits per heavy atom. The smallest absolute Gasteiger partial charge is 0.261 e. The quantitative estimate of drug-likeness (QED) is 0.465. The van der Waals surface area contributed by atoms with Crippen LogP contribution in [0.1, 0.15) is 0 Å². The van der Waals surface area contributed by atoms with E-state index >= 15 is 0 Å². The summed E-state index contributed by atoms with van der Waals surface area (Å²) in [5.41, 5.74) is 1.56. The third kappa shape index (κ3) is 4.70. The van der Waals surface area contributed by atoms with E-state index in [-0.39, 0.29) is 4.90 Å². The van der Waals surface area contributed by atoms with Crippen LogP contribution in [0.4, 0.5) is 17.3 Å². The lowest BCUT2D eigenvalue weighted by atomic mass is 10.3. The van der Waals surface area contributed by atoms with Crippen molar-refractivity contribution in [1.82, 2.24) is 19.9 Å². The minimum Gasteiger partial charge on any atom is -0.324 e. The highest BCUT2D eigenvalue weighted by atomic mass is 35.5. The molecule has 4 aromatic rings. The summed E-state index contributed by atoms with van der Waals surface area (Å²) in [6.45, 7) is 0. The van der Waals surface area contributed by atoms with E-state index < -0.39 is 10.0 Å². The van der Waals surface area contributed by atoms with Gasteiger partial charge in [0.1, 0.15) is 5.69 Å². The lowest BCUT2D eigenvalue weighted by molar-refractivity contribution is 0.601. The number of anilines is 3. The molecule has 0 saturated carbocycles. The van der Waals surface area contributed by atoms with Crippen LogP contribution in [0.15, 0.2) is 84.1 Å². The first kappa shape index (κ1) is 19.7. The molecule has 2 N–H and O–H groups in total. The first-order chi connectivity index (χ1) is 14.5. The molecule has 0 amide bonds. The van der Waals surface area contributed by atoms with Crippen LogP contribution in [-0.2, 0) is 10.0 Å². The average Bonchev–Trinajstić information content (AvgIpc) is 2.75. The van der Waals surface area contributed by atoms with E-state index in [2.05, 4.69) is 30.0 Å². The number of aromatic nitrogens is 4. The summed E-state index contributed by atoms with van der Waals surface area (Å²) in [4.78, 5) is 17.0. The summed E-state index contributed by atoms with van der Waals surface area (Å²) < 4.78 is 27.7. The summed E-state index contributed by atoms with van der Waals surface area (Å²) in [6, 6.07) is 16.1. The lowest BCUT2D eigenvalue weighted by Gasteiger charge is -2.11. The Balaban J connectivity index is 1.54. The van der Waals surface area contributed by atoms with Gasteiger partial charge in [0.25, 0.3) is 10.0 Å². The molecular weight excluding hydrogens is 424 g/mol. The molecule has 0 atom stereocenters. The fraction of sp³-hybridized carbons (Fsp3) is 0. The average molecular weight is 439 g/mol. The van der Waals surface area contributed by atoms with Crippen molar-refractivity contribution in [2.75, 3.05) is 10.0 Å². The van der Waals surface area contributed by atoms with Crippen molar-refractivity contribution < 1.29 is 8.42 Å². The molecule has 0 fully saturated rings. The summed E-state index contributed by atoms with van der Waals surface area (Å²) in [6.07, 6.45) is 4.86. The topological polar surface area (TPSA) is 110 Å². The molecule has 8 nitrogen and oxygen atoms in total. The zero-order valence-corrected chi connectivity index (χ0v) is 17.0. The predicted molar refractivity (Wildman–Crippen MR) is 115 cm³/mol. The largest absolute Gasteiger partial charge is 0.324 e. The number of benzene rings is 2. The second-order valence-corrected chi connectivity index (χ2v) is 8.22. The van der Waals surface area contributed by atoms with Crippen molar-refractivity contribution in [3.8, 4) is 11.5 Å². The molecule has 0 radical (unpaired) electrons. The molecule has 0 bridgehead atoms. The Kier molecular flexibility index (Phi) is 5.55. The van der Waals surface area contributed by atoms with Crippen molar-refractivity contribution in [2.24, 2.45) is 0 Å². The maximum Gasteiger partial charge on any atom is 0.261 e. The molecule has 0 unspecified atom stereocenters. The summed E-state index contributed by atoms with van der Waals surface area (Å²) in [7, 11) is -3.75. The maximum absolute atomic E-state index is 12.6. The molecule has 0 aliphatic heterocycles. The van der Waals surface area contributed by atoms with E-state index in [1.165, 1.54) is 24.3 Å². The molecule has 0 aliphatic rings. The highest BCUT2D eigenvalue weighted by Crippen LogP contribution is 2.22. The number of halogens is 1. The Morgan fingerprint density at radius 3 is 2.30 bits per heavy atom. The monoisotopic (exact) mass is 438 g/mol. The molecular formula is C20H15ClN6O2S. The second kappa shape index (κ2) is 8.44. The SMILES string of the molecule is O=S(=O)(Nc1cccc(Nc2nccc(-c3ncccn3)n2)c1)c1ccc(Cl)cc1. The summed E-state index contributed by atoms with van der Waals surface area (Å²) in [5, 5.41) is 3.52. The number of nitrogens with zero attached hydrogens (tertiary/aromatic N) is 4. The van der Waals surface area contributed by atoms with Crippen molar-refractivity contribution in [3.05, 3.63) is 84.3 Å². The molecule has 2 aromatic heterocycles. The van der Waals surface area contributed by atoms with E-state index in [9.17, 15) is 8.42 Å². The minimum atomic E-state index is -3.75. The van der Waals surface area contributed by atoms with Gasteiger partial charge in [-0.25, -0.2) is 28.4 Å². The molecule has 30 heavy (non-hydrogen) atoms. The van der Waals surface area contributed by atoms with Gasteiger partial charge in [-0.2, -0.15) is 0 Å². The highest BCUT2D eigenvalue weighted by Gasteiger charge is 2.14. The van der Waals surface area contributed by atoms with Crippen LogP contribution in [0.2, 0.25) is 5.02 Å². The van der Waals surface area contributed by atoms with Gasteiger partial charge in [0, 0.05) is 29.3 Å². The van der Waals surface area contributed by atoms with E-state index in [1.54, 1.807) is 55.0 Å². The second-order valence-electron chi connectivity index (χ2n) is 6.10. The molecule has 150 valence electrons. The van der Waals surface area contributed by atoms with Crippen LogP contribution < -0.4 is 10.0 Å². The van der Waals surface area contributed by atoms with Crippen LogP contribution >= 0.6 is 11.6 Å².